The number of esters is 1. The van der Waals surface area contributed by atoms with Crippen LogP contribution in [0.15, 0.2) is 48.5 Å². The normalized spacial score (nSPS) is 12.5. The fourth-order valence-electron chi connectivity index (χ4n) is 2.75. The van der Waals surface area contributed by atoms with Crippen molar-refractivity contribution in [1.29, 1.82) is 0 Å². The van der Waals surface area contributed by atoms with E-state index in [1.54, 1.807) is 19.1 Å². The van der Waals surface area contributed by atoms with Gasteiger partial charge >= 0.3 is 5.97 Å². The Morgan fingerprint density at radius 2 is 1.90 bits per heavy atom. The second-order valence-electron chi connectivity index (χ2n) is 7.65. The maximum Gasteiger partial charge on any atom is 0.314 e. The van der Waals surface area contributed by atoms with Gasteiger partial charge in [0.25, 0.3) is 0 Å². The lowest BCUT2D eigenvalue weighted by molar-refractivity contribution is -0.314. The maximum atomic E-state index is 14.5. The third-order valence-corrected chi connectivity index (χ3v) is 4.69. The summed E-state index contributed by atoms with van der Waals surface area (Å²) in [7, 11) is 0. The first-order valence-corrected chi connectivity index (χ1v) is 9.70. The van der Waals surface area contributed by atoms with Crippen LogP contribution in [-0.2, 0) is 19.2 Å². The van der Waals surface area contributed by atoms with Crippen LogP contribution in [0.1, 0.15) is 32.3 Å². The van der Waals surface area contributed by atoms with Crippen LogP contribution in [0.25, 0.3) is 11.1 Å². The number of carbonyl (C=O) groups is 2. The van der Waals surface area contributed by atoms with Crippen molar-refractivity contribution in [1.82, 2.24) is 10.7 Å². The molecule has 0 aromatic heterocycles. The number of nitrogens with zero attached hydrogens (tertiary/aromatic N) is 1. The molecule has 1 atom stereocenters. The zero-order chi connectivity index (χ0) is 23.0. The van der Waals surface area contributed by atoms with E-state index in [4.69, 9.17) is 9.94 Å². The summed E-state index contributed by atoms with van der Waals surface area (Å²) in [4.78, 5) is 28.7. The van der Waals surface area contributed by atoms with Crippen LogP contribution >= 0.6 is 0 Å². The average Bonchev–Trinajstić information content (AvgIpc) is 2.75. The summed E-state index contributed by atoms with van der Waals surface area (Å²) in [5.41, 5.74) is 0.564. The van der Waals surface area contributed by atoms with E-state index in [2.05, 4.69) is 10.2 Å². The van der Waals surface area contributed by atoms with Gasteiger partial charge in [-0.15, -0.1) is 5.39 Å². The van der Waals surface area contributed by atoms with Crippen LogP contribution in [0.4, 0.5) is 4.39 Å². The van der Waals surface area contributed by atoms with Crippen LogP contribution in [-0.4, -0.2) is 42.2 Å². The predicted molar refractivity (Wildman–Crippen MR) is 111 cm³/mol. The second-order valence-corrected chi connectivity index (χ2v) is 7.65. The topological polar surface area (TPSA) is 111 Å². The van der Waals surface area contributed by atoms with Crippen LogP contribution in [0.2, 0.25) is 0 Å². The minimum Gasteiger partial charge on any atom is -0.738 e. The van der Waals surface area contributed by atoms with Gasteiger partial charge in [0, 0.05) is 5.56 Å². The summed E-state index contributed by atoms with van der Waals surface area (Å²) in [5, 5.41) is 20.7. The minimum atomic E-state index is -1.17. The van der Waals surface area contributed by atoms with E-state index in [0.717, 1.165) is 5.56 Å². The van der Waals surface area contributed by atoms with Crippen molar-refractivity contribution >= 4 is 11.9 Å². The van der Waals surface area contributed by atoms with E-state index in [9.17, 15) is 19.2 Å². The SMILES string of the molecule is C[C@@H](C(=O)NCCOC(=O)C(C)(C)CON([O-])O)c1ccc(-c2ccccc2)c(F)c1. The molecule has 0 bridgehead atoms. The number of halogens is 1. The fourth-order valence-corrected chi connectivity index (χ4v) is 2.75. The highest BCUT2D eigenvalue weighted by molar-refractivity contribution is 5.83. The molecule has 9 heteroatoms. The smallest absolute Gasteiger partial charge is 0.314 e. The van der Waals surface area contributed by atoms with Gasteiger partial charge in [-0.3, -0.25) is 14.4 Å². The van der Waals surface area contributed by atoms with Gasteiger partial charge in [-0.2, -0.15) is 0 Å². The highest BCUT2D eigenvalue weighted by atomic mass is 19.1. The van der Waals surface area contributed by atoms with Gasteiger partial charge < -0.3 is 20.5 Å². The van der Waals surface area contributed by atoms with Crippen molar-refractivity contribution in [3.8, 4) is 11.1 Å². The van der Waals surface area contributed by atoms with Crippen LogP contribution in [0, 0.1) is 16.4 Å². The molecule has 0 fully saturated rings. The van der Waals surface area contributed by atoms with Crippen molar-refractivity contribution in [2.75, 3.05) is 19.8 Å². The van der Waals surface area contributed by atoms with Crippen LogP contribution < -0.4 is 5.32 Å². The Balaban J connectivity index is 1.85. The largest absolute Gasteiger partial charge is 0.738 e. The summed E-state index contributed by atoms with van der Waals surface area (Å²) >= 11 is 0. The lowest BCUT2D eigenvalue weighted by Crippen LogP contribution is -2.36. The zero-order valence-electron chi connectivity index (χ0n) is 17.6. The molecule has 8 nitrogen and oxygen atoms in total. The minimum absolute atomic E-state index is 0.0596. The first kappa shape index (κ1) is 24.4. The number of benzene rings is 2. The maximum absolute atomic E-state index is 14.5. The molecule has 0 spiro atoms. The summed E-state index contributed by atoms with van der Waals surface area (Å²) in [6.07, 6.45) is 0. The molecule has 0 aliphatic heterocycles. The van der Waals surface area contributed by atoms with Crippen LogP contribution in [0.5, 0.6) is 0 Å². The monoisotopic (exact) mass is 433 g/mol. The molecular formula is C22H26FN2O6-. The number of hydrogen-bond donors (Lipinski definition) is 2. The Labute approximate surface area is 180 Å². The van der Waals surface area contributed by atoms with Gasteiger partial charge in [0.15, 0.2) is 0 Å². The van der Waals surface area contributed by atoms with E-state index in [1.807, 2.05) is 30.3 Å². The van der Waals surface area contributed by atoms with E-state index >= 15 is 0 Å². The van der Waals surface area contributed by atoms with Gasteiger partial charge in [-0.25, -0.2) is 4.39 Å². The molecule has 0 radical (unpaired) electrons. The molecule has 168 valence electrons. The summed E-state index contributed by atoms with van der Waals surface area (Å²) < 4.78 is 19.6. The molecule has 0 unspecified atom stereocenters. The average molecular weight is 433 g/mol. The summed E-state index contributed by atoms with van der Waals surface area (Å²) in [5.74, 6) is -2.02. The molecule has 2 N–H and O–H groups in total. The lowest BCUT2D eigenvalue weighted by Gasteiger charge is -2.26. The standard InChI is InChI=1S/C22H26FN2O6/c1-15(17-9-10-18(19(23)13-17)16-7-5-4-6-8-16)20(26)24-11-12-30-21(27)22(2,3)14-31-25(28)29/h4-10,13,15,28H,11-12,14H2,1-3H3,(H,24,26)/q-1/t15-/m1/s1. The molecule has 0 aliphatic carbocycles. The van der Waals surface area contributed by atoms with Crippen molar-refractivity contribution in [2.24, 2.45) is 5.41 Å². The molecular weight excluding hydrogens is 407 g/mol. The molecule has 0 heterocycles. The molecule has 2 rings (SSSR count). The summed E-state index contributed by atoms with van der Waals surface area (Å²) in [6, 6.07) is 13.8. The third kappa shape index (κ3) is 7.11. The van der Waals surface area contributed by atoms with Crippen molar-refractivity contribution in [3.63, 3.8) is 0 Å². The van der Waals surface area contributed by atoms with E-state index in [-0.39, 0.29) is 25.7 Å². The number of rotatable bonds is 10. The molecule has 31 heavy (non-hydrogen) atoms. The molecule has 0 saturated heterocycles. The number of hydrogen-bond acceptors (Lipinski definition) is 7. The Morgan fingerprint density at radius 3 is 2.52 bits per heavy atom. The fraction of sp³-hybridized carbons (Fsp3) is 0.364. The Bertz CT molecular complexity index is 889. The zero-order valence-corrected chi connectivity index (χ0v) is 17.6. The number of nitrogens with one attached hydrogen (secondary N) is 1. The Kier molecular flexibility index (Phi) is 8.64. The van der Waals surface area contributed by atoms with Crippen molar-refractivity contribution < 1.29 is 28.8 Å². The van der Waals surface area contributed by atoms with Crippen molar-refractivity contribution in [2.45, 2.75) is 26.7 Å². The van der Waals surface area contributed by atoms with E-state index in [0.29, 0.717) is 11.1 Å². The predicted octanol–water partition coefficient (Wildman–Crippen LogP) is 3.40. The van der Waals surface area contributed by atoms with Gasteiger partial charge in [-0.05, 0) is 38.0 Å². The van der Waals surface area contributed by atoms with Gasteiger partial charge in [0.2, 0.25) is 5.91 Å². The second kappa shape index (κ2) is 11.0. The van der Waals surface area contributed by atoms with Gasteiger partial charge in [0.1, 0.15) is 12.4 Å². The van der Waals surface area contributed by atoms with E-state index in [1.165, 1.54) is 19.9 Å². The third-order valence-electron chi connectivity index (χ3n) is 4.69. The number of ether oxygens (including phenoxy) is 1. The Hall–Kier alpha value is -2.85. The molecule has 2 aromatic rings. The molecule has 2 aromatic carbocycles. The highest BCUT2D eigenvalue weighted by Gasteiger charge is 2.30. The first-order valence-electron chi connectivity index (χ1n) is 9.70. The van der Waals surface area contributed by atoms with E-state index < -0.39 is 28.5 Å². The highest BCUT2D eigenvalue weighted by Crippen LogP contribution is 2.26. The molecule has 1 amide bonds. The molecule has 0 aliphatic rings. The van der Waals surface area contributed by atoms with Crippen LogP contribution in [0.3, 0.4) is 0 Å². The van der Waals surface area contributed by atoms with Gasteiger partial charge in [0.05, 0.1) is 24.5 Å². The van der Waals surface area contributed by atoms with Crippen molar-refractivity contribution in [3.05, 3.63) is 65.1 Å². The first-order chi connectivity index (χ1) is 14.6. The summed E-state index contributed by atoms with van der Waals surface area (Å²) in [6.45, 7) is 4.20. The number of carbonyl (C=O) groups excluding carboxylic acids is 2. The Morgan fingerprint density at radius 1 is 1.23 bits per heavy atom. The molecule has 0 saturated carbocycles. The quantitative estimate of drug-likeness (QED) is 0.336. The lowest BCUT2D eigenvalue weighted by atomic mass is 9.95. The van der Waals surface area contributed by atoms with Gasteiger partial charge in [-0.1, -0.05) is 42.5 Å². The number of amides is 1.